The molecule has 0 radical (unpaired) electrons. The molecule has 4 rings (SSSR count). The lowest BCUT2D eigenvalue weighted by Gasteiger charge is -2.57. The summed E-state index contributed by atoms with van der Waals surface area (Å²) in [4.78, 5) is 0. The van der Waals surface area contributed by atoms with Gasteiger partial charge in [-0.15, -0.1) is 0 Å². The third-order valence-corrected chi connectivity index (χ3v) is 3.09. The molecule has 0 atom stereocenters. The smallest absolute Gasteiger partial charge is 0.412 e. The molecule has 0 N–H and O–H groups in total. The van der Waals surface area contributed by atoms with E-state index in [4.69, 9.17) is 14.0 Å². The lowest BCUT2D eigenvalue weighted by atomic mass is 9.66. The van der Waals surface area contributed by atoms with Crippen LogP contribution in [0.1, 0.15) is 6.92 Å². The van der Waals surface area contributed by atoms with Crippen molar-refractivity contribution in [2.24, 2.45) is 12.5 Å². The Bertz CT molecular complexity index is 368. The molecule has 2 bridgehead atoms. The highest BCUT2D eigenvalue weighted by atomic mass is 16.8. The number of fused-ring (bicyclic) bond motifs is 3. The Balaban J connectivity index is 1.93. The van der Waals surface area contributed by atoms with E-state index in [1.165, 1.54) is 0 Å². The first-order chi connectivity index (χ1) is 7.12. The van der Waals surface area contributed by atoms with E-state index in [2.05, 4.69) is 12.0 Å². The number of aromatic nitrogens is 2. The maximum absolute atomic E-state index is 5.73. The van der Waals surface area contributed by atoms with Crippen molar-refractivity contribution in [1.82, 2.24) is 9.78 Å². The third kappa shape index (κ3) is 1.32. The van der Waals surface area contributed by atoms with E-state index in [9.17, 15) is 0 Å². The van der Waals surface area contributed by atoms with Gasteiger partial charge < -0.3 is 14.0 Å². The summed E-state index contributed by atoms with van der Waals surface area (Å²) in [6.45, 7) is 2.48. The summed E-state index contributed by atoms with van der Waals surface area (Å²) < 4.78 is 18.9. The van der Waals surface area contributed by atoms with Gasteiger partial charge in [-0.2, -0.15) is 5.10 Å². The largest absolute Gasteiger partial charge is 0.540 e. The fourth-order valence-corrected chi connectivity index (χ4v) is 2.11. The molecule has 0 spiro atoms. The van der Waals surface area contributed by atoms with Crippen molar-refractivity contribution in [3.05, 3.63) is 12.4 Å². The van der Waals surface area contributed by atoms with E-state index < -0.39 is 6.75 Å². The molecule has 0 aliphatic carbocycles. The molecule has 5 nitrogen and oxygen atoms in total. The summed E-state index contributed by atoms with van der Waals surface area (Å²) >= 11 is 0. The molecule has 4 heterocycles. The Labute approximate surface area is 88.3 Å². The predicted molar refractivity (Wildman–Crippen MR) is 54.6 cm³/mol. The highest BCUT2D eigenvalue weighted by Crippen LogP contribution is 2.34. The summed E-state index contributed by atoms with van der Waals surface area (Å²) in [6.07, 6.45) is 3.63. The summed E-state index contributed by atoms with van der Waals surface area (Å²) in [7, 11) is 1.87. The normalized spacial score (nSPS) is 39.6. The Kier molecular flexibility index (Phi) is 1.78. The average molecular weight is 209 g/mol. The minimum absolute atomic E-state index is 0.0196. The van der Waals surface area contributed by atoms with Gasteiger partial charge in [-0.05, 0) is 6.20 Å². The second kappa shape index (κ2) is 2.84. The molecule has 3 aliphatic heterocycles. The van der Waals surface area contributed by atoms with E-state index in [0.717, 1.165) is 5.46 Å². The lowest BCUT2D eigenvalue weighted by Crippen LogP contribution is -2.68. The highest BCUT2D eigenvalue weighted by molar-refractivity contribution is 6.75. The summed E-state index contributed by atoms with van der Waals surface area (Å²) in [6, 6.07) is 0. The predicted octanol–water partition coefficient (Wildman–Crippen LogP) is -0.351. The number of hydrogen-bond acceptors (Lipinski definition) is 4. The van der Waals surface area contributed by atoms with Gasteiger partial charge in [0.1, 0.15) is 0 Å². The molecule has 0 amide bonds. The monoisotopic (exact) mass is 209 g/mol. The molecule has 3 fully saturated rings. The van der Waals surface area contributed by atoms with Crippen molar-refractivity contribution >= 4 is 12.2 Å². The Morgan fingerprint density at radius 1 is 1.33 bits per heavy atom. The minimum atomic E-state index is -1.71. The first-order valence-corrected chi connectivity index (χ1v) is 5.16. The van der Waals surface area contributed by atoms with Crippen molar-refractivity contribution in [2.45, 2.75) is 6.92 Å². The van der Waals surface area contributed by atoms with Crippen LogP contribution in [0, 0.1) is 5.41 Å². The molecule has 15 heavy (non-hydrogen) atoms. The van der Waals surface area contributed by atoms with Gasteiger partial charge in [-0.3, -0.25) is 4.68 Å². The second-order valence-electron chi connectivity index (χ2n) is 4.83. The molecule has 1 aromatic rings. The fourth-order valence-electron chi connectivity index (χ4n) is 2.11. The highest BCUT2D eigenvalue weighted by Gasteiger charge is 2.47. The molecule has 1 aromatic heterocycles. The Morgan fingerprint density at radius 3 is 2.40 bits per heavy atom. The summed E-state index contributed by atoms with van der Waals surface area (Å²) in [5.41, 5.74) is 0.908. The van der Waals surface area contributed by atoms with E-state index >= 15 is 0 Å². The molecule has 0 saturated carbocycles. The standard InChI is InChI=1S/C9H14BN2O3/c1-9-5-13-10(14-6-9,15-7-9)8-3-11-12(2)4-8/h3-4H,5-7H2,1-2H3/q-1. The van der Waals surface area contributed by atoms with E-state index in [-0.39, 0.29) is 5.41 Å². The molecule has 0 aromatic carbocycles. The van der Waals surface area contributed by atoms with Gasteiger partial charge in [0.2, 0.25) is 0 Å². The molecule has 0 unspecified atom stereocenters. The van der Waals surface area contributed by atoms with Crippen LogP contribution in [-0.2, 0) is 21.0 Å². The first kappa shape index (κ1) is 9.39. The van der Waals surface area contributed by atoms with Gasteiger partial charge in [0, 0.05) is 38.5 Å². The zero-order valence-corrected chi connectivity index (χ0v) is 8.97. The van der Waals surface area contributed by atoms with Crippen LogP contribution in [0.4, 0.5) is 0 Å². The Morgan fingerprint density at radius 2 is 1.93 bits per heavy atom. The van der Waals surface area contributed by atoms with Crippen molar-refractivity contribution in [3.63, 3.8) is 0 Å². The van der Waals surface area contributed by atoms with E-state index in [0.29, 0.717) is 19.8 Å². The SMILES string of the molecule is Cn1cc([B-]23OCC(C)(CO2)CO3)cn1. The molecule has 6 heteroatoms. The summed E-state index contributed by atoms with van der Waals surface area (Å²) in [5, 5.41) is 4.11. The molecular formula is C9H14BN2O3-. The third-order valence-electron chi connectivity index (χ3n) is 3.09. The van der Waals surface area contributed by atoms with Crippen LogP contribution in [0.25, 0.3) is 0 Å². The van der Waals surface area contributed by atoms with Crippen molar-refractivity contribution in [1.29, 1.82) is 0 Å². The van der Waals surface area contributed by atoms with Crippen LogP contribution < -0.4 is 5.46 Å². The number of rotatable bonds is 1. The number of nitrogens with zero attached hydrogens (tertiary/aromatic N) is 2. The van der Waals surface area contributed by atoms with Crippen LogP contribution in [0.3, 0.4) is 0 Å². The lowest BCUT2D eigenvalue weighted by molar-refractivity contribution is -0.119. The van der Waals surface area contributed by atoms with Crippen LogP contribution in [-0.4, -0.2) is 36.4 Å². The van der Waals surface area contributed by atoms with Gasteiger partial charge >= 0.3 is 6.75 Å². The maximum Gasteiger partial charge on any atom is 0.412 e. The quantitative estimate of drug-likeness (QED) is 0.593. The van der Waals surface area contributed by atoms with E-state index in [1.807, 2.05) is 13.2 Å². The van der Waals surface area contributed by atoms with Crippen LogP contribution in [0.15, 0.2) is 12.4 Å². The second-order valence-corrected chi connectivity index (χ2v) is 4.83. The van der Waals surface area contributed by atoms with Crippen molar-refractivity contribution < 1.29 is 14.0 Å². The zero-order chi connectivity index (χ0) is 10.5. The topological polar surface area (TPSA) is 45.5 Å². The molecule has 3 aliphatic rings. The van der Waals surface area contributed by atoms with Gasteiger partial charge in [0.05, 0.1) is 0 Å². The van der Waals surface area contributed by atoms with Crippen LogP contribution in [0.2, 0.25) is 0 Å². The van der Waals surface area contributed by atoms with Gasteiger partial charge in [-0.1, -0.05) is 12.4 Å². The Hall–Kier alpha value is -0.845. The maximum atomic E-state index is 5.73. The minimum Gasteiger partial charge on any atom is -0.540 e. The number of hydrogen-bond donors (Lipinski definition) is 0. The molecule has 3 saturated heterocycles. The van der Waals surface area contributed by atoms with Crippen LogP contribution >= 0.6 is 0 Å². The van der Waals surface area contributed by atoms with Crippen molar-refractivity contribution in [2.75, 3.05) is 19.8 Å². The molecule has 82 valence electrons. The fraction of sp³-hybridized carbons (Fsp3) is 0.667. The first-order valence-electron chi connectivity index (χ1n) is 5.16. The van der Waals surface area contributed by atoms with Crippen LogP contribution in [0.5, 0.6) is 0 Å². The van der Waals surface area contributed by atoms with Gasteiger partial charge in [0.25, 0.3) is 0 Å². The zero-order valence-electron chi connectivity index (χ0n) is 8.97. The average Bonchev–Trinajstić information content (AvgIpc) is 2.67. The van der Waals surface area contributed by atoms with Gasteiger partial charge in [0.15, 0.2) is 0 Å². The van der Waals surface area contributed by atoms with Crippen molar-refractivity contribution in [3.8, 4) is 0 Å². The van der Waals surface area contributed by atoms with E-state index in [1.54, 1.807) is 10.9 Å². The number of aryl methyl sites for hydroxylation is 1. The molecular weight excluding hydrogens is 195 g/mol. The summed E-state index contributed by atoms with van der Waals surface area (Å²) in [5.74, 6) is 0. The van der Waals surface area contributed by atoms with Gasteiger partial charge in [-0.25, -0.2) is 0 Å².